The van der Waals surface area contributed by atoms with E-state index < -0.39 is 0 Å². The van der Waals surface area contributed by atoms with Crippen LogP contribution in [0.3, 0.4) is 0 Å². The van der Waals surface area contributed by atoms with Crippen molar-refractivity contribution in [3.8, 4) is 22.6 Å². The van der Waals surface area contributed by atoms with Crippen LogP contribution in [-0.2, 0) is 6.42 Å². The molecule has 0 fully saturated rings. The molecule has 0 N–H and O–H groups in total. The fourth-order valence-electron chi connectivity index (χ4n) is 2.61. The molecule has 3 heteroatoms. The Balaban J connectivity index is 2.07. The molecule has 20 heavy (non-hydrogen) atoms. The van der Waals surface area contributed by atoms with Gasteiger partial charge in [-0.25, -0.2) is 0 Å². The summed E-state index contributed by atoms with van der Waals surface area (Å²) >= 11 is 0. The molecule has 2 aromatic rings. The van der Waals surface area contributed by atoms with Crippen LogP contribution in [0.1, 0.15) is 22.3 Å². The number of carbonyl (C=O) groups excluding carboxylic acids is 1. The van der Waals surface area contributed by atoms with Gasteiger partial charge in [-0.05, 0) is 35.2 Å². The zero-order valence-electron chi connectivity index (χ0n) is 11.6. The fraction of sp³-hybridized carbons (Fsp3) is 0.235. The molecular formula is C17H16O3. The highest BCUT2D eigenvalue weighted by atomic mass is 16.5. The zero-order chi connectivity index (χ0) is 14.1. The molecule has 0 aromatic heterocycles. The number of ether oxygens (including phenoxy) is 2. The van der Waals surface area contributed by atoms with Crippen molar-refractivity contribution in [2.75, 3.05) is 14.2 Å². The quantitative estimate of drug-likeness (QED) is 0.854. The Morgan fingerprint density at radius 1 is 0.850 bits per heavy atom. The van der Waals surface area contributed by atoms with Crippen LogP contribution in [0.15, 0.2) is 36.4 Å². The van der Waals surface area contributed by atoms with Crippen LogP contribution in [0, 0.1) is 0 Å². The van der Waals surface area contributed by atoms with Crippen molar-refractivity contribution in [3.63, 3.8) is 0 Å². The highest BCUT2D eigenvalue weighted by Gasteiger charge is 2.19. The van der Waals surface area contributed by atoms with Crippen molar-refractivity contribution in [2.45, 2.75) is 12.8 Å². The number of hydrogen-bond donors (Lipinski definition) is 0. The van der Waals surface area contributed by atoms with Gasteiger partial charge in [0, 0.05) is 18.1 Å². The molecule has 0 amide bonds. The third kappa shape index (κ3) is 2.16. The highest BCUT2D eigenvalue weighted by Crippen LogP contribution is 2.32. The summed E-state index contributed by atoms with van der Waals surface area (Å²) in [5.74, 6) is 1.77. The minimum atomic E-state index is 0.245. The maximum Gasteiger partial charge on any atom is 0.163 e. The van der Waals surface area contributed by atoms with Crippen molar-refractivity contribution in [1.82, 2.24) is 0 Å². The number of benzene rings is 2. The molecule has 0 aliphatic heterocycles. The Bertz CT molecular complexity index is 652. The van der Waals surface area contributed by atoms with Gasteiger partial charge in [0.2, 0.25) is 0 Å². The molecule has 1 aliphatic carbocycles. The van der Waals surface area contributed by atoms with Crippen LogP contribution in [0.25, 0.3) is 11.1 Å². The van der Waals surface area contributed by atoms with Gasteiger partial charge in [0.1, 0.15) is 11.5 Å². The van der Waals surface area contributed by atoms with Gasteiger partial charge in [-0.1, -0.05) is 18.2 Å². The number of ketones is 1. The van der Waals surface area contributed by atoms with E-state index in [9.17, 15) is 4.79 Å². The van der Waals surface area contributed by atoms with Gasteiger partial charge in [0.25, 0.3) is 0 Å². The second-order valence-corrected chi connectivity index (χ2v) is 4.90. The third-order valence-corrected chi connectivity index (χ3v) is 3.71. The lowest BCUT2D eigenvalue weighted by Gasteiger charge is -2.09. The molecule has 1 aliphatic rings. The minimum Gasteiger partial charge on any atom is -0.497 e. The van der Waals surface area contributed by atoms with E-state index >= 15 is 0 Å². The van der Waals surface area contributed by atoms with Crippen molar-refractivity contribution in [2.24, 2.45) is 0 Å². The van der Waals surface area contributed by atoms with E-state index in [1.807, 2.05) is 30.3 Å². The lowest BCUT2D eigenvalue weighted by molar-refractivity contribution is 0.0994. The number of aryl methyl sites for hydroxylation is 1. The van der Waals surface area contributed by atoms with E-state index in [2.05, 4.69) is 6.07 Å². The molecule has 0 saturated heterocycles. The molecule has 0 heterocycles. The molecule has 2 aromatic carbocycles. The fourth-order valence-corrected chi connectivity index (χ4v) is 2.61. The summed E-state index contributed by atoms with van der Waals surface area (Å²) in [5.41, 5.74) is 4.11. The van der Waals surface area contributed by atoms with Crippen LogP contribution in [0.4, 0.5) is 0 Å². The number of fused-ring (bicyclic) bond motifs is 1. The second kappa shape index (κ2) is 5.00. The first kappa shape index (κ1) is 12.7. The van der Waals surface area contributed by atoms with Gasteiger partial charge in [-0.3, -0.25) is 4.79 Å². The number of carbonyl (C=O) groups is 1. The Kier molecular flexibility index (Phi) is 3.18. The van der Waals surface area contributed by atoms with Crippen molar-refractivity contribution < 1.29 is 14.3 Å². The van der Waals surface area contributed by atoms with E-state index in [4.69, 9.17) is 9.47 Å². The average molecular weight is 268 g/mol. The van der Waals surface area contributed by atoms with Gasteiger partial charge in [-0.15, -0.1) is 0 Å². The third-order valence-electron chi connectivity index (χ3n) is 3.71. The Labute approximate surface area is 118 Å². The summed E-state index contributed by atoms with van der Waals surface area (Å²) in [6.45, 7) is 0. The number of methoxy groups -OCH3 is 2. The van der Waals surface area contributed by atoms with Crippen molar-refractivity contribution in [1.29, 1.82) is 0 Å². The van der Waals surface area contributed by atoms with E-state index in [1.54, 1.807) is 14.2 Å². The SMILES string of the molecule is COc1cc(OC)cc(-c2ccc3c(c2)CCC3=O)c1. The molecule has 0 unspecified atom stereocenters. The van der Waals surface area contributed by atoms with E-state index in [0.717, 1.165) is 40.2 Å². The monoisotopic (exact) mass is 268 g/mol. The van der Waals surface area contributed by atoms with E-state index in [1.165, 1.54) is 0 Å². The molecule has 0 atom stereocenters. The molecular weight excluding hydrogens is 252 g/mol. The predicted octanol–water partition coefficient (Wildman–Crippen LogP) is 3.50. The van der Waals surface area contributed by atoms with E-state index in [-0.39, 0.29) is 5.78 Å². The molecule has 3 rings (SSSR count). The number of Topliss-reactive ketones (excluding diaryl/α,β-unsaturated/α-hetero) is 1. The van der Waals surface area contributed by atoms with Gasteiger partial charge in [-0.2, -0.15) is 0 Å². The molecule has 102 valence electrons. The van der Waals surface area contributed by atoms with Gasteiger partial charge in [0.15, 0.2) is 5.78 Å². The summed E-state index contributed by atoms with van der Waals surface area (Å²) in [7, 11) is 3.28. The first-order valence-electron chi connectivity index (χ1n) is 6.61. The summed E-state index contributed by atoms with van der Waals surface area (Å²) in [6.07, 6.45) is 1.46. The zero-order valence-corrected chi connectivity index (χ0v) is 11.6. The highest BCUT2D eigenvalue weighted by molar-refractivity contribution is 6.01. The van der Waals surface area contributed by atoms with Crippen LogP contribution in [0.5, 0.6) is 11.5 Å². The van der Waals surface area contributed by atoms with E-state index in [0.29, 0.717) is 6.42 Å². The van der Waals surface area contributed by atoms with Crippen LogP contribution >= 0.6 is 0 Å². The van der Waals surface area contributed by atoms with Crippen LogP contribution in [-0.4, -0.2) is 20.0 Å². The lowest BCUT2D eigenvalue weighted by atomic mass is 10.00. The molecule has 0 radical (unpaired) electrons. The normalized spacial score (nSPS) is 13.2. The van der Waals surface area contributed by atoms with Gasteiger partial charge >= 0.3 is 0 Å². The van der Waals surface area contributed by atoms with Crippen LogP contribution in [0.2, 0.25) is 0 Å². The standard InChI is InChI=1S/C17H16O3/c1-19-14-8-13(9-15(10-14)20-2)11-3-5-16-12(7-11)4-6-17(16)18/h3,5,7-10H,4,6H2,1-2H3. The lowest BCUT2D eigenvalue weighted by Crippen LogP contribution is -1.92. The molecule has 3 nitrogen and oxygen atoms in total. The summed E-state index contributed by atoms with van der Waals surface area (Å²) in [5, 5.41) is 0. The summed E-state index contributed by atoms with van der Waals surface area (Å²) in [6, 6.07) is 11.8. The Morgan fingerprint density at radius 3 is 2.20 bits per heavy atom. The molecule has 0 spiro atoms. The van der Waals surface area contributed by atoms with Gasteiger partial charge < -0.3 is 9.47 Å². The first-order chi connectivity index (χ1) is 9.71. The Morgan fingerprint density at radius 2 is 1.55 bits per heavy atom. The maximum atomic E-state index is 11.7. The van der Waals surface area contributed by atoms with Crippen molar-refractivity contribution in [3.05, 3.63) is 47.5 Å². The summed E-state index contributed by atoms with van der Waals surface area (Å²) < 4.78 is 10.6. The Hall–Kier alpha value is -2.29. The number of rotatable bonds is 3. The van der Waals surface area contributed by atoms with Crippen LogP contribution < -0.4 is 9.47 Å². The smallest absolute Gasteiger partial charge is 0.163 e. The number of hydrogen-bond acceptors (Lipinski definition) is 3. The second-order valence-electron chi connectivity index (χ2n) is 4.90. The van der Waals surface area contributed by atoms with Gasteiger partial charge in [0.05, 0.1) is 14.2 Å². The molecule has 0 saturated carbocycles. The average Bonchev–Trinajstić information content (AvgIpc) is 2.87. The van der Waals surface area contributed by atoms with Crippen molar-refractivity contribution >= 4 is 5.78 Å². The topological polar surface area (TPSA) is 35.5 Å². The first-order valence-corrected chi connectivity index (χ1v) is 6.61. The summed E-state index contributed by atoms with van der Waals surface area (Å²) in [4.78, 5) is 11.7. The maximum absolute atomic E-state index is 11.7. The largest absolute Gasteiger partial charge is 0.497 e. The molecule has 0 bridgehead atoms. The predicted molar refractivity (Wildman–Crippen MR) is 77.6 cm³/mol. The minimum absolute atomic E-state index is 0.245.